The van der Waals surface area contributed by atoms with Gasteiger partial charge in [-0.3, -0.25) is 9.36 Å². The number of aromatic nitrogens is 5. The Bertz CT molecular complexity index is 1260. The minimum atomic E-state index is -0.528. The summed E-state index contributed by atoms with van der Waals surface area (Å²) in [5.74, 6) is -0.342. The summed E-state index contributed by atoms with van der Waals surface area (Å²) in [4.78, 5) is 29.2. The first-order valence-electron chi connectivity index (χ1n) is 9.06. The highest BCUT2D eigenvalue weighted by Gasteiger charge is 2.14. The molecule has 4 aromatic rings. The van der Waals surface area contributed by atoms with Crippen molar-refractivity contribution in [2.75, 3.05) is 0 Å². The zero-order valence-electron chi connectivity index (χ0n) is 16.0. The average molecular weight is 379 g/mol. The lowest BCUT2D eigenvalue weighted by Crippen LogP contribution is -2.22. The molecule has 4 rings (SSSR count). The monoisotopic (exact) mass is 379 g/mol. The maximum absolute atomic E-state index is 12.8. The predicted molar refractivity (Wildman–Crippen MR) is 104 cm³/mol. The number of rotatable bonds is 5. The summed E-state index contributed by atoms with van der Waals surface area (Å²) in [6.45, 7) is 4.37. The SMILES string of the molecule is Cc1ccc(CCn2nc(Cn3cnc4c(c(C)cn4C)c3=O)oc2=O)cc1. The van der Waals surface area contributed by atoms with Crippen molar-refractivity contribution < 1.29 is 4.42 Å². The number of nitrogens with zero attached hydrogens (tertiary/aromatic N) is 5. The third-order valence-corrected chi connectivity index (χ3v) is 4.82. The molecule has 0 bridgehead atoms. The molecule has 0 aliphatic rings. The fourth-order valence-corrected chi connectivity index (χ4v) is 3.31. The van der Waals surface area contributed by atoms with Crippen LogP contribution in [0.25, 0.3) is 11.0 Å². The van der Waals surface area contributed by atoms with E-state index < -0.39 is 5.76 Å². The van der Waals surface area contributed by atoms with Crippen LogP contribution in [0.4, 0.5) is 0 Å². The average Bonchev–Trinajstić information content (AvgIpc) is 3.16. The van der Waals surface area contributed by atoms with Gasteiger partial charge in [0.25, 0.3) is 5.56 Å². The van der Waals surface area contributed by atoms with E-state index in [1.807, 2.05) is 55.9 Å². The van der Waals surface area contributed by atoms with Crippen LogP contribution in [0.1, 0.15) is 22.6 Å². The van der Waals surface area contributed by atoms with Crippen molar-refractivity contribution in [3.63, 3.8) is 0 Å². The predicted octanol–water partition coefficient (Wildman–Crippen LogP) is 1.79. The molecule has 0 atom stereocenters. The van der Waals surface area contributed by atoms with Gasteiger partial charge in [-0.1, -0.05) is 29.8 Å². The second-order valence-corrected chi connectivity index (χ2v) is 7.02. The highest BCUT2D eigenvalue weighted by Crippen LogP contribution is 2.13. The molecule has 0 aliphatic carbocycles. The third kappa shape index (κ3) is 3.28. The molecular weight excluding hydrogens is 358 g/mol. The summed E-state index contributed by atoms with van der Waals surface area (Å²) in [6.07, 6.45) is 3.99. The number of fused-ring (bicyclic) bond motifs is 1. The van der Waals surface area contributed by atoms with Crippen LogP contribution in [-0.2, 0) is 26.6 Å². The lowest BCUT2D eigenvalue weighted by atomic mass is 10.1. The molecule has 0 fully saturated rings. The van der Waals surface area contributed by atoms with Crippen molar-refractivity contribution in [3.8, 4) is 0 Å². The van der Waals surface area contributed by atoms with Crippen LogP contribution < -0.4 is 11.3 Å². The Labute approximate surface area is 160 Å². The Morgan fingerprint density at radius 3 is 2.61 bits per heavy atom. The molecule has 1 aromatic carbocycles. The number of benzene rings is 1. The maximum Gasteiger partial charge on any atom is 0.437 e. The molecule has 0 saturated carbocycles. The lowest BCUT2D eigenvalue weighted by Gasteiger charge is -2.03. The van der Waals surface area contributed by atoms with E-state index in [0.717, 1.165) is 11.1 Å². The molecular formula is C20H21N5O3. The second kappa shape index (κ2) is 6.95. The van der Waals surface area contributed by atoms with Gasteiger partial charge >= 0.3 is 5.76 Å². The van der Waals surface area contributed by atoms with Gasteiger partial charge in [-0.2, -0.15) is 4.68 Å². The fraction of sp³-hybridized carbons (Fsp3) is 0.300. The van der Waals surface area contributed by atoms with Crippen LogP contribution in [0, 0.1) is 13.8 Å². The van der Waals surface area contributed by atoms with Gasteiger partial charge in [0, 0.05) is 13.2 Å². The van der Waals surface area contributed by atoms with Crippen LogP contribution in [0.15, 0.2) is 50.8 Å². The Hall–Kier alpha value is -3.42. The van der Waals surface area contributed by atoms with Crippen LogP contribution in [0.2, 0.25) is 0 Å². The van der Waals surface area contributed by atoms with Crippen molar-refractivity contribution in [2.45, 2.75) is 33.4 Å². The molecule has 0 radical (unpaired) electrons. The standard InChI is InChI=1S/C20H21N5O3/c1-13-4-6-15(7-5-13)8-9-25-20(27)28-16(22-25)11-24-12-21-18-17(19(24)26)14(2)10-23(18)3/h4-7,10,12H,8-9,11H2,1-3H3. The van der Waals surface area contributed by atoms with Gasteiger partial charge in [-0.25, -0.2) is 9.78 Å². The zero-order chi connectivity index (χ0) is 19.8. The minimum Gasteiger partial charge on any atom is -0.390 e. The van der Waals surface area contributed by atoms with Gasteiger partial charge in [0.05, 0.1) is 11.9 Å². The quantitative estimate of drug-likeness (QED) is 0.528. The Morgan fingerprint density at radius 2 is 1.86 bits per heavy atom. The summed E-state index contributed by atoms with van der Waals surface area (Å²) in [5, 5.41) is 4.79. The highest BCUT2D eigenvalue weighted by atomic mass is 16.4. The molecule has 3 aromatic heterocycles. The number of hydrogen-bond donors (Lipinski definition) is 0. The van der Waals surface area contributed by atoms with Crippen LogP contribution >= 0.6 is 0 Å². The van der Waals surface area contributed by atoms with Crippen molar-refractivity contribution in [1.82, 2.24) is 23.9 Å². The summed E-state index contributed by atoms with van der Waals surface area (Å²) in [5.41, 5.74) is 3.61. The highest BCUT2D eigenvalue weighted by molar-refractivity contribution is 5.78. The molecule has 0 amide bonds. The van der Waals surface area contributed by atoms with Crippen LogP contribution in [0.3, 0.4) is 0 Å². The normalized spacial score (nSPS) is 11.4. The Morgan fingerprint density at radius 1 is 1.11 bits per heavy atom. The summed E-state index contributed by atoms with van der Waals surface area (Å²) in [6, 6.07) is 8.13. The summed E-state index contributed by atoms with van der Waals surface area (Å²) >= 11 is 0. The van der Waals surface area contributed by atoms with E-state index >= 15 is 0 Å². The molecule has 8 nitrogen and oxygen atoms in total. The lowest BCUT2D eigenvalue weighted by molar-refractivity contribution is 0.434. The molecule has 0 spiro atoms. The molecule has 8 heteroatoms. The fourth-order valence-electron chi connectivity index (χ4n) is 3.31. The first-order chi connectivity index (χ1) is 13.4. The first kappa shape index (κ1) is 18.0. The molecule has 0 unspecified atom stereocenters. The third-order valence-electron chi connectivity index (χ3n) is 4.82. The van der Waals surface area contributed by atoms with E-state index in [0.29, 0.717) is 24.0 Å². The van der Waals surface area contributed by atoms with Crippen LogP contribution in [-0.4, -0.2) is 23.9 Å². The smallest absolute Gasteiger partial charge is 0.390 e. The van der Waals surface area contributed by atoms with Gasteiger partial charge in [0.1, 0.15) is 18.5 Å². The maximum atomic E-state index is 12.8. The van der Waals surface area contributed by atoms with Gasteiger partial charge in [0.2, 0.25) is 5.89 Å². The first-order valence-corrected chi connectivity index (χ1v) is 9.06. The van der Waals surface area contributed by atoms with Crippen molar-refractivity contribution in [3.05, 3.63) is 80.3 Å². The Balaban J connectivity index is 1.55. The van der Waals surface area contributed by atoms with Crippen molar-refractivity contribution in [2.24, 2.45) is 7.05 Å². The number of hydrogen-bond acceptors (Lipinski definition) is 5. The van der Waals surface area contributed by atoms with E-state index in [2.05, 4.69) is 10.1 Å². The second-order valence-electron chi connectivity index (χ2n) is 7.02. The minimum absolute atomic E-state index is 0.0584. The van der Waals surface area contributed by atoms with Crippen LogP contribution in [0.5, 0.6) is 0 Å². The molecule has 28 heavy (non-hydrogen) atoms. The molecule has 3 heterocycles. The largest absolute Gasteiger partial charge is 0.437 e. The Kier molecular flexibility index (Phi) is 4.46. The summed E-state index contributed by atoms with van der Waals surface area (Å²) < 4.78 is 9.75. The van der Waals surface area contributed by atoms with E-state index in [1.54, 1.807) is 0 Å². The molecule has 0 saturated heterocycles. The van der Waals surface area contributed by atoms with Gasteiger partial charge < -0.3 is 8.98 Å². The van der Waals surface area contributed by atoms with Gasteiger partial charge in [-0.05, 0) is 31.4 Å². The van der Waals surface area contributed by atoms with E-state index in [9.17, 15) is 9.59 Å². The van der Waals surface area contributed by atoms with E-state index in [-0.39, 0.29) is 18.0 Å². The van der Waals surface area contributed by atoms with Gasteiger partial charge in [0.15, 0.2) is 0 Å². The molecule has 0 aliphatic heterocycles. The molecule has 144 valence electrons. The van der Waals surface area contributed by atoms with E-state index in [1.165, 1.54) is 21.1 Å². The van der Waals surface area contributed by atoms with Crippen molar-refractivity contribution in [1.29, 1.82) is 0 Å². The van der Waals surface area contributed by atoms with E-state index in [4.69, 9.17) is 4.42 Å². The van der Waals surface area contributed by atoms with Gasteiger partial charge in [-0.15, -0.1) is 5.10 Å². The summed E-state index contributed by atoms with van der Waals surface area (Å²) in [7, 11) is 1.85. The molecule has 0 N–H and O–H groups in total. The topological polar surface area (TPSA) is 87.8 Å². The van der Waals surface area contributed by atoms with Crippen molar-refractivity contribution >= 4 is 11.0 Å². The zero-order valence-corrected chi connectivity index (χ0v) is 16.0. The number of aryl methyl sites for hydroxylation is 5.